The summed E-state index contributed by atoms with van der Waals surface area (Å²) in [5.41, 5.74) is 1.60. The van der Waals surface area contributed by atoms with E-state index in [-0.39, 0.29) is 11.7 Å². The van der Waals surface area contributed by atoms with E-state index in [2.05, 4.69) is 15.0 Å². The molecule has 0 bridgehead atoms. The predicted octanol–water partition coefficient (Wildman–Crippen LogP) is 0.935. The Morgan fingerprint density at radius 2 is 2.35 bits per heavy atom. The minimum atomic E-state index is -2.80. The van der Waals surface area contributed by atoms with Crippen LogP contribution in [0.15, 0.2) is 18.3 Å². The van der Waals surface area contributed by atoms with Crippen LogP contribution in [0.2, 0.25) is 0 Å². The standard InChI is InChI=1S/C11H13N3O2S/c15-17(16)5-3-8(7-17)6-10-13-9-2-1-4-12-11(9)14-10/h1-2,4,8H,3,5-7H2,(H,12,13,14). The van der Waals surface area contributed by atoms with Crippen LogP contribution in [0.1, 0.15) is 12.2 Å². The number of imidazole rings is 1. The van der Waals surface area contributed by atoms with E-state index in [0.717, 1.165) is 17.8 Å². The van der Waals surface area contributed by atoms with Gasteiger partial charge in [0, 0.05) is 12.6 Å². The first-order valence-corrected chi connectivity index (χ1v) is 7.44. The number of fused-ring (bicyclic) bond motifs is 1. The molecule has 0 aliphatic carbocycles. The second-order valence-electron chi connectivity index (χ2n) is 4.53. The predicted molar refractivity (Wildman–Crippen MR) is 64.4 cm³/mol. The summed E-state index contributed by atoms with van der Waals surface area (Å²) in [6.45, 7) is 0. The first-order chi connectivity index (χ1) is 8.12. The number of hydrogen-bond acceptors (Lipinski definition) is 4. The van der Waals surface area contributed by atoms with Gasteiger partial charge in [-0.2, -0.15) is 0 Å². The van der Waals surface area contributed by atoms with Crippen LogP contribution in [-0.4, -0.2) is 34.9 Å². The van der Waals surface area contributed by atoms with Crippen molar-refractivity contribution in [3.8, 4) is 0 Å². The van der Waals surface area contributed by atoms with E-state index >= 15 is 0 Å². The molecule has 1 aliphatic heterocycles. The first kappa shape index (κ1) is 10.7. The lowest BCUT2D eigenvalue weighted by Gasteiger charge is -2.03. The molecule has 3 heterocycles. The van der Waals surface area contributed by atoms with Gasteiger partial charge in [-0.25, -0.2) is 18.4 Å². The minimum absolute atomic E-state index is 0.195. The zero-order chi connectivity index (χ0) is 11.9. The Morgan fingerprint density at radius 3 is 3.06 bits per heavy atom. The van der Waals surface area contributed by atoms with Crippen molar-refractivity contribution in [2.75, 3.05) is 11.5 Å². The zero-order valence-corrected chi connectivity index (χ0v) is 10.1. The second kappa shape index (κ2) is 3.80. The lowest BCUT2D eigenvalue weighted by atomic mass is 10.1. The van der Waals surface area contributed by atoms with Crippen LogP contribution in [0.5, 0.6) is 0 Å². The lowest BCUT2D eigenvalue weighted by molar-refractivity contribution is 0.572. The number of aromatic amines is 1. The van der Waals surface area contributed by atoms with E-state index in [1.165, 1.54) is 0 Å². The molecule has 5 nitrogen and oxygen atoms in total. The number of rotatable bonds is 2. The largest absolute Gasteiger partial charge is 0.341 e. The summed E-state index contributed by atoms with van der Waals surface area (Å²) < 4.78 is 22.7. The minimum Gasteiger partial charge on any atom is -0.341 e. The van der Waals surface area contributed by atoms with E-state index < -0.39 is 9.84 Å². The van der Waals surface area contributed by atoms with Crippen LogP contribution >= 0.6 is 0 Å². The van der Waals surface area contributed by atoms with Crippen molar-refractivity contribution >= 4 is 21.0 Å². The summed E-state index contributed by atoms with van der Waals surface area (Å²) in [5.74, 6) is 1.63. The van der Waals surface area contributed by atoms with Crippen LogP contribution in [-0.2, 0) is 16.3 Å². The van der Waals surface area contributed by atoms with Crippen LogP contribution in [0.25, 0.3) is 11.2 Å². The van der Waals surface area contributed by atoms with Gasteiger partial charge in [-0.15, -0.1) is 0 Å². The molecule has 2 aromatic heterocycles. The van der Waals surface area contributed by atoms with Crippen LogP contribution in [0, 0.1) is 5.92 Å². The third-order valence-corrected chi connectivity index (χ3v) is 4.95. The number of nitrogens with one attached hydrogen (secondary N) is 1. The number of hydrogen-bond donors (Lipinski definition) is 1. The van der Waals surface area contributed by atoms with E-state index in [1.54, 1.807) is 6.20 Å². The Morgan fingerprint density at radius 1 is 1.47 bits per heavy atom. The van der Waals surface area contributed by atoms with Gasteiger partial charge in [0.15, 0.2) is 15.5 Å². The van der Waals surface area contributed by atoms with Gasteiger partial charge in [0.25, 0.3) is 0 Å². The highest BCUT2D eigenvalue weighted by Crippen LogP contribution is 2.22. The maximum Gasteiger partial charge on any atom is 0.177 e. The summed E-state index contributed by atoms with van der Waals surface area (Å²) in [4.78, 5) is 11.7. The monoisotopic (exact) mass is 251 g/mol. The number of nitrogens with zero attached hydrogens (tertiary/aromatic N) is 2. The molecule has 0 saturated carbocycles. The van der Waals surface area contributed by atoms with E-state index in [4.69, 9.17) is 0 Å². The van der Waals surface area contributed by atoms with Crippen molar-refractivity contribution in [1.29, 1.82) is 0 Å². The SMILES string of the molecule is O=S1(=O)CCC(Cc2nc3ncccc3[nH]2)C1. The third-order valence-electron chi connectivity index (χ3n) is 3.12. The number of H-pyrrole nitrogens is 1. The van der Waals surface area contributed by atoms with Gasteiger partial charge in [0.1, 0.15) is 5.82 Å². The maximum atomic E-state index is 11.4. The highest BCUT2D eigenvalue weighted by Gasteiger charge is 2.28. The molecule has 6 heteroatoms. The van der Waals surface area contributed by atoms with Crippen molar-refractivity contribution in [2.45, 2.75) is 12.8 Å². The smallest absolute Gasteiger partial charge is 0.177 e. The van der Waals surface area contributed by atoms with Gasteiger partial charge in [-0.1, -0.05) is 0 Å². The molecule has 0 aromatic carbocycles. The molecule has 3 rings (SSSR count). The molecule has 1 N–H and O–H groups in total. The molecule has 2 aromatic rings. The van der Waals surface area contributed by atoms with Gasteiger partial charge in [0.05, 0.1) is 17.0 Å². The zero-order valence-electron chi connectivity index (χ0n) is 9.26. The van der Waals surface area contributed by atoms with Crippen LogP contribution < -0.4 is 0 Å². The van der Waals surface area contributed by atoms with Crippen molar-refractivity contribution in [1.82, 2.24) is 15.0 Å². The molecule has 17 heavy (non-hydrogen) atoms. The molecule has 90 valence electrons. The molecular formula is C11H13N3O2S. The molecule has 1 atom stereocenters. The molecule has 1 aliphatic rings. The average molecular weight is 251 g/mol. The molecule has 0 amide bonds. The topological polar surface area (TPSA) is 75.7 Å². The number of pyridine rings is 1. The summed E-state index contributed by atoms with van der Waals surface area (Å²) in [7, 11) is -2.80. The highest BCUT2D eigenvalue weighted by atomic mass is 32.2. The van der Waals surface area contributed by atoms with E-state index in [9.17, 15) is 8.42 Å². The van der Waals surface area contributed by atoms with Gasteiger partial charge in [-0.3, -0.25) is 0 Å². The Bertz CT molecular complexity index is 615. The Kier molecular flexibility index (Phi) is 2.39. The Balaban J connectivity index is 1.81. The van der Waals surface area contributed by atoms with E-state index in [1.807, 2.05) is 12.1 Å². The normalized spacial score (nSPS) is 23.2. The summed E-state index contributed by atoms with van der Waals surface area (Å²) >= 11 is 0. The first-order valence-electron chi connectivity index (χ1n) is 5.62. The van der Waals surface area contributed by atoms with Crippen molar-refractivity contribution in [3.63, 3.8) is 0 Å². The summed E-state index contributed by atoms with van der Waals surface area (Å²) in [5, 5.41) is 0. The van der Waals surface area contributed by atoms with Crippen molar-refractivity contribution in [2.24, 2.45) is 5.92 Å². The average Bonchev–Trinajstić information content (AvgIpc) is 2.81. The fraction of sp³-hybridized carbons (Fsp3) is 0.455. The number of sulfone groups is 1. The van der Waals surface area contributed by atoms with Gasteiger partial charge in [-0.05, 0) is 24.5 Å². The lowest BCUT2D eigenvalue weighted by Crippen LogP contribution is -2.08. The Hall–Kier alpha value is -1.43. The van der Waals surface area contributed by atoms with Crippen LogP contribution in [0.3, 0.4) is 0 Å². The molecule has 1 unspecified atom stereocenters. The quantitative estimate of drug-likeness (QED) is 0.861. The fourth-order valence-electron chi connectivity index (χ4n) is 2.30. The second-order valence-corrected chi connectivity index (χ2v) is 6.76. The van der Waals surface area contributed by atoms with Crippen molar-refractivity contribution < 1.29 is 8.42 Å². The van der Waals surface area contributed by atoms with Gasteiger partial charge < -0.3 is 4.98 Å². The molecule has 1 fully saturated rings. The third kappa shape index (κ3) is 2.17. The van der Waals surface area contributed by atoms with Crippen molar-refractivity contribution in [3.05, 3.63) is 24.2 Å². The van der Waals surface area contributed by atoms with Gasteiger partial charge in [0.2, 0.25) is 0 Å². The summed E-state index contributed by atoms with van der Waals surface area (Å²) in [6.07, 6.45) is 3.13. The fourth-order valence-corrected chi connectivity index (χ4v) is 4.16. The molecule has 0 radical (unpaired) electrons. The number of aromatic nitrogens is 3. The van der Waals surface area contributed by atoms with E-state index in [0.29, 0.717) is 17.8 Å². The highest BCUT2D eigenvalue weighted by molar-refractivity contribution is 7.91. The maximum absolute atomic E-state index is 11.4. The summed E-state index contributed by atoms with van der Waals surface area (Å²) in [6, 6.07) is 3.77. The molecule has 0 spiro atoms. The van der Waals surface area contributed by atoms with Crippen LogP contribution in [0.4, 0.5) is 0 Å². The molecule has 1 saturated heterocycles. The Labute approximate surface area is 99.2 Å². The molecular weight excluding hydrogens is 238 g/mol. The van der Waals surface area contributed by atoms with Gasteiger partial charge >= 0.3 is 0 Å².